The number of aromatic amines is 1. The minimum absolute atomic E-state index is 0.373. The maximum absolute atomic E-state index is 11.3. The first kappa shape index (κ1) is 10.7. The number of carbonyl (C=O) groups is 1. The van der Waals surface area contributed by atoms with Gasteiger partial charge in [0, 0.05) is 0 Å². The summed E-state index contributed by atoms with van der Waals surface area (Å²) in [6, 6.07) is 1.57. The second kappa shape index (κ2) is 4.81. The Balaban J connectivity index is 2.04. The average Bonchev–Trinajstić information content (AvgIpc) is 2.96. The number of nitrogens with two attached hydrogens (primary N) is 1. The van der Waals surface area contributed by atoms with Gasteiger partial charge in [-0.25, -0.2) is 10.8 Å². The lowest BCUT2D eigenvalue weighted by molar-refractivity contribution is 0.0952. The predicted molar refractivity (Wildman–Crippen MR) is 56.3 cm³/mol. The molecule has 0 saturated heterocycles. The summed E-state index contributed by atoms with van der Waals surface area (Å²) in [6.45, 7) is 0. The van der Waals surface area contributed by atoms with E-state index in [1.165, 1.54) is 24.4 Å². The Bertz CT molecular complexity index is 466. The number of carbonyl (C=O) groups excluding carboxylic acids is 1. The summed E-state index contributed by atoms with van der Waals surface area (Å²) < 4.78 is 5.19. The Hall–Kier alpha value is -1.80. The Morgan fingerprint density at radius 2 is 2.56 bits per heavy atom. The van der Waals surface area contributed by atoms with Gasteiger partial charge in [0.05, 0.1) is 17.6 Å². The number of furan rings is 1. The van der Waals surface area contributed by atoms with Crippen LogP contribution in [0.25, 0.3) is 0 Å². The molecule has 0 aliphatic heterocycles. The zero-order valence-electron chi connectivity index (χ0n) is 8.14. The highest BCUT2D eigenvalue weighted by Crippen LogP contribution is 2.21. The molecule has 8 heteroatoms. The van der Waals surface area contributed by atoms with Gasteiger partial charge in [0.2, 0.25) is 0 Å². The molecule has 0 aliphatic rings. The summed E-state index contributed by atoms with van der Waals surface area (Å²) in [5.41, 5.74) is 2.48. The monoisotopic (exact) mass is 239 g/mol. The minimum Gasteiger partial charge on any atom is -0.468 e. The van der Waals surface area contributed by atoms with Crippen molar-refractivity contribution in [2.24, 2.45) is 5.84 Å². The van der Waals surface area contributed by atoms with Crippen LogP contribution in [0.4, 0.5) is 0 Å². The van der Waals surface area contributed by atoms with Crippen LogP contribution in [0.5, 0.6) is 0 Å². The molecule has 0 fully saturated rings. The SMILES string of the molecule is NNC(=O)c1ccoc1CSc1ncn[nH]1. The third-order valence-corrected chi connectivity index (χ3v) is 2.73. The highest BCUT2D eigenvalue weighted by atomic mass is 32.2. The van der Waals surface area contributed by atoms with Gasteiger partial charge in [0.1, 0.15) is 12.1 Å². The maximum Gasteiger partial charge on any atom is 0.268 e. The molecule has 2 aromatic heterocycles. The van der Waals surface area contributed by atoms with E-state index in [1.54, 1.807) is 6.07 Å². The summed E-state index contributed by atoms with van der Waals surface area (Å²) in [6.07, 6.45) is 2.86. The predicted octanol–water partition coefficient (Wildman–Crippen LogP) is 0.293. The first-order chi connectivity index (χ1) is 7.81. The van der Waals surface area contributed by atoms with Crippen molar-refractivity contribution in [1.29, 1.82) is 0 Å². The molecule has 0 aliphatic carbocycles. The molecule has 2 rings (SSSR count). The molecule has 0 atom stereocenters. The van der Waals surface area contributed by atoms with Crippen LogP contribution in [0.2, 0.25) is 0 Å². The van der Waals surface area contributed by atoms with Gasteiger partial charge in [-0.1, -0.05) is 11.8 Å². The van der Waals surface area contributed by atoms with Gasteiger partial charge in [0.25, 0.3) is 5.91 Å². The molecular weight excluding hydrogens is 230 g/mol. The molecule has 0 saturated carbocycles. The second-order valence-corrected chi connectivity index (χ2v) is 3.77. The fourth-order valence-corrected chi connectivity index (χ4v) is 1.86. The van der Waals surface area contributed by atoms with Crippen molar-refractivity contribution in [2.75, 3.05) is 0 Å². The second-order valence-electron chi connectivity index (χ2n) is 2.81. The summed E-state index contributed by atoms with van der Waals surface area (Å²) in [4.78, 5) is 15.3. The molecule has 7 nitrogen and oxygen atoms in total. The van der Waals surface area contributed by atoms with Crippen molar-refractivity contribution in [3.8, 4) is 0 Å². The standard InChI is InChI=1S/C8H9N5O2S/c9-12-7(14)5-1-2-15-6(5)3-16-8-10-4-11-13-8/h1-2,4H,3,9H2,(H,12,14)(H,10,11,13). The number of hydrogen-bond donors (Lipinski definition) is 3. The molecule has 84 valence electrons. The Morgan fingerprint density at radius 3 is 3.25 bits per heavy atom. The lowest BCUT2D eigenvalue weighted by atomic mass is 10.2. The van der Waals surface area contributed by atoms with Crippen LogP contribution in [0.3, 0.4) is 0 Å². The van der Waals surface area contributed by atoms with E-state index in [0.717, 1.165) is 0 Å². The van der Waals surface area contributed by atoms with Crippen LogP contribution >= 0.6 is 11.8 Å². The summed E-state index contributed by atoms with van der Waals surface area (Å²) in [7, 11) is 0. The summed E-state index contributed by atoms with van der Waals surface area (Å²) >= 11 is 1.38. The third kappa shape index (κ3) is 2.23. The number of amides is 1. The first-order valence-corrected chi connectivity index (χ1v) is 5.35. The molecule has 0 aromatic carbocycles. The molecule has 0 unspecified atom stereocenters. The van der Waals surface area contributed by atoms with Crippen molar-refractivity contribution in [1.82, 2.24) is 20.6 Å². The van der Waals surface area contributed by atoms with Crippen molar-refractivity contribution >= 4 is 17.7 Å². The Morgan fingerprint density at radius 1 is 1.69 bits per heavy atom. The lowest BCUT2D eigenvalue weighted by Gasteiger charge is -1.99. The van der Waals surface area contributed by atoms with Crippen LogP contribution < -0.4 is 11.3 Å². The third-order valence-electron chi connectivity index (χ3n) is 1.85. The summed E-state index contributed by atoms with van der Waals surface area (Å²) in [5.74, 6) is 5.70. The van der Waals surface area contributed by atoms with Crippen LogP contribution in [-0.4, -0.2) is 21.1 Å². The lowest BCUT2D eigenvalue weighted by Crippen LogP contribution is -2.30. The maximum atomic E-state index is 11.3. The molecule has 1 amide bonds. The van der Waals surface area contributed by atoms with Crippen molar-refractivity contribution in [2.45, 2.75) is 10.9 Å². The zero-order chi connectivity index (χ0) is 11.4. The van der Waals surface area contributed by atoms with Crippen molar-refractivity contribution in [3.05, 3.63) is 30.0 Å². The molecule has 0 bridgehead atoms. The molecule has 0 spiro atoms. The summed E-state index contributed by atoms with van der Waals surface area (Å²) in [5, 5.41) is 7.07. The topological polar surface area (TPSA) is 110 Å². The Kier molecular flexibility index (Phi) is 3.22. The van der Waals surface area contributed by atoms with Crippen LogP contribution in [0.1, 0.15) is 16.1 Å². The van der Waals surface area contributed by atoms with E-state index in [1.807, 2.05) is 0 Å². The van der Waals surface area contributed by atoms with E-state index in [0.29, 0.717) is 22.2 Å². The number of aromatic nitrogens is 3. The number of nitrogen functional groups attached to an aromatic ring is 1. The number of H-pyrrole nitrogens is 1. The van der Waals surface area contributed by atoms with Gasteiger partial charge >= 0.3 is 0 Å². The van der Waals surface area contributed by atoms with Crippen molar-refractivity contribution < 1.29 is 9.21 Å². The number of hydrazine groups is 1. The number of rotatable bonds is 4. The number of nitrogens with one attached hydrogen (secondary N) is 2. The van der Waals surface area contributed by atoms with E-state index in [-0.39, 0.29) is 5.91 Å². The van der Waals surface area contributed by atoms with E-state index >= 15 is 0 Å². The van der Waals surface area contributed by atoms with Gasteiger partial charge in [-0.2, -0.15) is 5.10 Å². The van der Waals surface area contributed by atoms with Gasteiger partial charge in [0.15, 0.2) is 5.16 Å². The normalized spacial score (nSPS) is 10.3. The van der Waals surface area contributed by atoms with E-state index in [9.17, 15) is 4.79 Å². The van der Waals surface area contributed by atoms with Gasteiger partial charge < -0.3 is 4.42 Å². The average molecular weight is 239 g/mol. The fraction of sp³-hybridized carbons (Fsp3) is 0.125. The number of hydrogen-bond acceptors (Lipinski definition) is 6. The van der Waals surface area contributed by atoms with Crippen molar-refractivity contribution in [3.63, 3.8) is 0 Å². The first-order valence-electron chi connectivity index (χ1n) is 4.36. The molecule has 16 heavy (non-hydrogen) atoms. The van der Waals surface area contributed by atoms with Gasteiger partial charge in [-0.3, -0.25) is 15.3 Å². The largest absolute Gasteiger partial charge is 0.468 e. The molecule has 2 heterocycles. The molecule has 2 aromatic rings. The quantitative estimate of drug-likeness (QED) is 0.306. The molecule has 4 N–H and O–H groups in total. The van der Waals surface area contributed by atoms with Gasteiger partial charge in [-0.05, 0) is 6.07 Å². The van der Waals surface area contributed by atoms with E-state index < -0.39 is 0 Å². The van der Waals surface area contributed by atoms with E-state index in [2.05, 4.69) is 20.6 Å². The zero-order valence-corrected chi connectivity index (χ0v) is 8.95. The minimum atomic E-state index is -0.373. The fourth-order valence-electron chi connectivity index (χ4n) is 1.13. The van der Waals surface area contributed by atoms with Crippen LogP contribution in [0, 0.1) is 0 Å². The number of nitrogens with zero attached hydrogens (tertiary/aromatic N) is 2. The van der Waals surface area contributed by atoms with Gasteiger partial charge in [-0.15, -0.1) is 0 Å². The Labute approximate surface area is 94.8 Å². The number of thioether (sulfide) groups is 1. The molecular formula is C8H9N5O2S. The van der Waals surface area contributed by atoms with Crippen LogP contribution in [-0.2, 0) is 5.75 Å². The van der Waals surface area contributed by atoms with Crippen LogP contribution in [0.15, 0.2) is 28.2 Å². The van der Waals surface area contributed by atoms with E-state index in [4.69, 9.17) is 10.3 Å². The smallest absolute Gasteiger partial charge is 0.268 e. The highest BCUT2D eigenvalue weighted by molar-refractivity contribution is 7.98. The molecule has 0 radical (unpaired) electrons. The highest BCUT2D eigenvalue weighted by Gasteiger charge is 2.13.